The van der Waals surface area contributed by atoms with Crippen molar-refractivity contribution in [3.05, 3.63) is 59.9 Å². The number of nitrogens with one attached hydrogen (secondary N) is 1. The minimum Gasteiger partial charge on any atom is -0.368 e. The molecule has 0 atom stereocenters. The average molecular weight is 369 g/mol. The summed E-state index contributed by atoms with van der Waals surface area (Å²) < 4.78 is 13.0. The molecule has 1 saturated heterocycles. The van der Waals surface area contributed by atoms with E-state index in [4.69, 9.17) is 0 Å². The van der Waals surface area contributed by atoms with Crippen molar-refractivity contribution in [3.8, 4) is 0 Å². The quantitative estimate of drug-likeness (QED) is 0.881. The lowest BCUT2D eigenvalue weighted by Gasteiger charge is -2.36. The molecule has 1 aliphatic heterocycles. The molecule has 0 aliphatic carbocycles. The number of halogens is 1. The number of piperazine rings is 1. The molecule has 1 fully saturated rings. The first kappa shape index (κ1) is 18.9. The molecule has 27 heavy (non-hydrogen) atoms. The van der Waals surface area contributed by atoms with E-state index in [1.54, 1.807) is 17.0 Å². The summed E-state index contributed by atoms with van der Waals surface area (Å²) in [5.41, 5.74) is 2.83. The summed E-state index contributed by atoms with van der Waals surface area (Å²) in [6, 6.07) is 14.0. The summed E-state index contributed by atoms with van der Waals surface area (Å²) in [6.45, 7) is 4.60. The second kappa shape index (κ2) is 8.66. The van der Waals surface area contributed by atoms with E-state index < -0.39 is 0 Å². The van der Waals surface area contributed by atoms with Gasteiger partial charge in [-0.25, -0.2) is 4.39 Å². The van der Waals surface area contributed by atoms with Gasteiger partial charge in [-0.2, -0.15) is 0 Å². The molecule has 0 spiro atoms. The lowest BCUT2D eigenvalue weighted by atomic mass is 10.2. The Hall–Kier alpha value is -2.89. The Labute approximate surface area is 158 Å². The van der Waals surface area contributed by atoms with Crippen molar-refractivity contribution in [1.29, 1.82) is 0 Å². The molecule has 0 aromatic heterocycles. The Morgan fingerprint density at radius 3 is 2.19 bits per heavy atom. The van der Waals surface area contributed by atoms with Crippen molar-refractivity contribution in [2.75, 3.05) is 36.4 Å². The van der Waals surface area contributed by atoms with E-state index in [0.29, 0.717) is 26.2 Å². The van der Waals surface area contributed by atoms with Gasteiger partial charge in [0.05, 0.1) is 0 Å². The third-order valence-corrected chi connectivity index (χ3v) is 4.73. The maximum atomic E-state index is 13.0. The fraction of sp³-hybridized carbons (Fsp3) is 0.333. The zero-order chi connectivity index (χ0) is 19.2. The maximum Gasteiger partial charge on any atom is 0.224 e. The molecule has 142 valence electrons. The molecule has 2 amide bonds. The zero-order valence-electron chi connectivity index (χ0n) is 15.5. The lowest BCUT2D eigenvalue weighted by Crippen LogP contribution is -2.48. The van der Waals surface area contributed by atoms with Crippen LogP contribution in [0.5, 0.6) is 0 Å². The summed E-state index contributed by atoms with van der Waals surface area (Å²) >= 11 is 0. The molecule has 0 bridgehead atoms. The maximum absolute atomic E-state index is 13.0. The number of aryl methyl sites for hydroxylation is 1. The number of hydrogen-bond donors (Lipinski definition) is 1. The number of anilines is 2. The third-order valence-electron chi connectivity index (χ3n) is 4.73. The Kier molecular flexibility index (Phi) is 6.06. The molecule has 2 aromatic carbocycles. The minimum atomic E-state index is -0.253. The molecule has 5 nitrogen and oxygen atoms in total. The zero-order valence-corrected chi connectivity index (χ0v) is 15.5. The van der Waals surface area contributed by atoms with E-state index >= 15 is 0 Å². The Morgan fingerprint density at radius 1 is 0.926 bits per heavy atom. The Bertz CT molecular complexity index is 782. The number of carbonyl (C=O) groups is 2. The normalized spacial score (nSPS) is 14.1. The van der Waals surface area contributed by atoms with Gasteiger partial charge in [-0.1, -0.05) is 17.7 Å². The van der Waals surface area contributed by atoms with Crippen LogP contribution in [-0.2, 0) is 9.59 Å². The van der Waals surface area contributed by atoms with Gasteiger partial charge in [-0.05, 0) is 43.3 Å². The lowest BCUT2D eigenvalue weighted by molar-refractivity contribution is -0.133. The van der Waals surface area contributed by atoms with Gasteiger partial charge in [0, 0.05) is 50.4 Å². The van der Waals surface area contributed by atoms with Crippen molar-refractivity contribution in [2.24, 2.45) is 0 Å². The second-order valence-electron chi connectivity index (χ2n) is 6.76. The van der Waals surface area contributed by atoms with Crippen LogP contribution in [0, 0.1) is 12.7 Å². The van der Waals surface area contributed by atoms with Crippen LogP contribution in [0.3, 0.4) is 0 Å². The van der Waals surface area contributed by atoms with Gasteiger partial charge < -0.3 is 15.1 Å². The number of benzene rings is 2. The highest BCUT2D eigenvalue weighted by molar-refractivity contribution is 5.93. The van der Waals surface area contributed by atoms with E-state index in [2.05, 4.69) is 10.2 Å². The van der Waals surface area contributed by atoms with E-state index in [-0.39, 0.29) is 30.5 Å². The summed E-state index contributed by atoms with van der Waals surface area (Å²) in [5, 5.41) is 2.81. The van der Waals surface area contributed by atoms with Crippen LogP contribution in [0.15, 0.2) is 48.5 Å². The predicted molar refractivity (Wildman–Crippen MR) is 104 cm³/mol. The fourth-order valence-corrected chi connectivity index (χ4v) is 3.10. The van der Waals surface area contributed by atoms with Crippen molar-refractivity contribution in [2.45, 2.75) is 19.8 Å². The molecular weight excluding hydrogens is 345 g/mol. The predicted octanol–water partition coefficient (Wildman–Crippen LogP) is 3.20. The van der Waals surface area contributed by atoms with Crippen molar-refractivity contribution in [3.63, 3.8) is 0 Å². The largest absolute Gasteiger partial charge is 0.368 e. The van der Waals surface area contributed by atoms with Gasteiger partial charge >= 0.3 is 0 Å². The topological polar surface area (TPSA) is 52.7 Å². The molecule has 0 radical (unpaired) electrons. The van der Waals surface area contributed by atoms with Crippen LogP contribution in [0.1, 0.15) is 18.4 Å². The van der Waals surface area contributed by atoms with Crippen LogP contribution in [0.25, 0.3) is 0 Å². The summed E-state index contributed by atoms with van der Waals surface area (Å²) in [4.78, 5) is 28.3. The monoisotopic (exact) mass is 369 g/mol. The molecule has 3 rings (SSSR count). The molecule has 1 heterocycles. The SMILES string of the molecule is Cc1ccc(NC(=O)CCC(=O)N2CCN(c3ccc(F)cc3)CC2)cc1. The number of nitrogens with zero attached hydrogens (tertiary/aromatic N) is 2. The third kappa shape index (κ3) is 5.29. The smallest absolute Gasteiger partial charge is 0.224 e. The Balaban J connectivity index is 1.42. The number of rotatable bonds is 5. The number of carbonyl (C=O) groups excluding carboxylic acids is 2. The van der Waals surface area contributed by atoms with Crippen molar-refractivity contribution in [1.82, 2.24) is 4.90 Å². The van der Waals surface area contributed by atoms with E-state index in [0.717, 1.165) is 16.9 Å². The first-order chi connectivity index (χ1) is 13.0. The van der Waals surface area contributed by atoms with E-state index in [1.165, 1.54) is 12.1 Å². The van der Waals surface area contributed by atoms with E-state index in [9.17, 15) is 14.0 Å². The van der Waals surface area contributed by atoms with E-state index in [1.807, 2.05) is 31.2 Å². The molecule has 0 unspecified atom stereocenters. The molecular formula is C21H24FN3O2. The van der Waals surface area contributed by atoms with Crippen LogP contribution in [0.4, 0.5) is 15.8 Å². The first-order valence-electron chi connectivity index (χ1n) is 9.16. The molecule has 0 saturated carbocycles. The summed E-state index contributed by atoms with van der Waals surface area (Å²) in [5.74, 6) is -0.415. The van der Waals surface area contributed by atoms with Gasteiger partial charge in [-0.3, -0.25) is 9.59 Å². The average Bonchev–Trinajstić information content (AvgIpc) is 2.69. The van der Waals surface area contributed by atoms with Crippen LogP contribution >= 0.6 is 0 Å². The number of hydrogen-bond acceptors (Lipinski definition) is 3. The van der Waals surface area contributed by atoms with Crippen molar-refractivity contribution >= 4 is 23.2 Å². The van der Waals surface area contributed by atoms with Crippen LogP contribution in [0.2, 0.25) is 0 Å². The Morgan fingerprint density at radius 2 is 1.56 bits per heavy atom. The highest BCUT2D eigenvalue weighted by Crippen LogP contribution is 2.17. The molecule has 1 N–H and O–H groups in total. The highest BCUT2D eigenvalue weighted by atomic mass is 19.1. The minimum absolute atomic E-state index is 0.00666. The second-order valence-corrected chi connectivity index (χ2v) is 6.76. The summed E-state index contributed by atoms with van der Waals surface area (Å²) in [6.07, 6.45) is 0.374. The van der Waals surface area contributed by atoms with Crippen LogP contribution < -0.4 is 10.2 Å². The van der Waals surface area contributed by atoms with Gasteiger partial charge in [0.15, 0.2) is 0 Å². The fourth-order valence-electron chi connectivity index (χ4n) is 3.10. The first-order valence-corrected chi connectivity index (χ1v) is 9.16. The van der Waals surface area contributed by atoms with Gasteiger partial charge in [-0.15, -0.1) is 0 Å². The molecule has 1 aliphatic rings. The van der Waals surface area contributed by atoms with Crippen LogP contribution in [-0.4, -0.2) is 42.9 Å². The van der Waals surface area contributed by atoms with Gasteiger partial charge in [0.2, 0.25) is 11.8 Å². The standard InChI is InChI=1S/C21H24FN3O2/c1-16-2-6-18(7-3-16)23-20(26)10-11-21(27)25-14-12-24(13-15-25)19-8-4-17(22)5-9-19/h2-9H,10-15H2,1H3,(H,23,26). The van der Waals surface area contributed by atoms with Gasteiger partial charge in [0.1, 0.15) is 5.82 Å². The highest BCUT2D eigenvalue weighted by Gasteiger charge is 2.21. The van der Waals surface area contributed by atoms with Crippen molar-refractivity contribution < 1.29 is 14.0 Å². The summed E-state index contributed by atoms with van der Waals surface area (Å²) in [7, 11) is 0. The van der Waals surface area contributed by atoms with Gasteiger partial charge in [0.25, 0.3) is 0 Å². The molecule has 2 aromatic rings. The number of amides is 2. The molecule has 6 heteroatoms.